The second kappa shape index (κ2) is 7.32. The summed E-state index contributed by atoms with van der Waals surface area (Å²) in [7, 11) is 0. The normalized spacial score (nSPS) is 10.8. The number of hydrogen-bond donors (Lipinski definition) is 1. The van der Waals surface area contributed by atoms with Crippen LogP contribution in [0.25, 0.3) is 10.8 Å². The molecule has 2 nitrogen and oxygen atoms in total. The highest BCUT2D eigenvalue weighted by atomic mass is 16.3. The van der Waals surface area contributed by atoms with Crippen LogP contribution in [0.5, 0.6) is 5.75 Å². The molecule has 0 radical (unpaired) electrons. The molecule has 0 aliphatic heterocycles. The molecule has 0 amide bonds. The Morgan fingerprint density at radius 2 is 1.27 bits per heavy atom. The second-order valence-electron chi connectivity index (χ2n) is 6.46. The summed E-state index contributed by atoms with van der Waals surface area (Å²) in [5.41, 5.74) is 3.35. The van der Waals surface area contributed by atoms with Gasteiger partial charge in [-0.25, -0.2) is 0 Å². The van der Waals surface area contributed by atoms with Gasteiger partial charge >= 0.3 is 0 Å². The molecule has 4 aromatic rings. The maximum absolute atomic E-state index is 10.5. The third kappa shape index (κ3) is 3.40. The monoisotopic (exact) mass is 339 g/mol. The third-order valence-corrected chi connectivity index (χ3v) is 4.70. The predicted octanol–water partition coefficient (Wildman–Crippen LogP) is 5.75. The van der Waals surface area contributed by atoms with Crippen molar-refractivity contribution < 1.29 is 5.11 Å². The number of phenols is 1. The molecule has 0 saturated carbocycles. The molecule has 0 saturated heterocycles. The van der Waals surface area contributed by atoms with Gasteiger partial charge in [-0.05, 0) is 34.5 Å². The van der Waals surface area contributed by atoms with Crippen molar-refractivity contribution in [2.75, 3.05) is 4.90 Å². The van der Waals surface area contributed by atoms with Crippen LogP contribution in [0, 0.1) is 0 Å². The van der Waals surface area contributed by atoms with E-state index in [0.717, 1.165) is 28.6 Å². The van der Waals surface area contributed by atoms with Crippen molar-refractivity contribution in [1.82, 2.24) is 0 Å². The van der Waals surface area contributed by atoms with E-state index in [2.05, 4.69) is 65.6 Å². The highest BCUT2D eigenvalue weighted by molar-refractivity contribution is 5.88. The fourth-order valence-electron chi connectivity index (χ4n) is 3.36. The van der Waals surface area contributed by atoms with Gasteiger partial charge in [0.1, 0.15) is 5.75 Å². The van der Waals surface area contributed by atoms with Gasteiger partial charge in [0.2, 0.25) is 0 Å². The smallest absolute Gasteiger partial charge is 0.121 e. The number of fused-ring (bicyclic) bond motifs is 1. The Morgan fingerprint density at radius 3 is 2.04 bits per heavy atom. The molecule has 0 unspecified atom stereocenters. The number of nitrogens with zero attached hydrogens (tertiary/aromatic N) is 1. The Labute approximate surface area is 154 Å². The number of para-hydroxylation sites is 1. The Kier molecular flexibility index (Phi) is 4.57. The van der Waals surface area contributed by atoms with E-state index < -0.39 is 0 Å². The molecule has 26 heavy (non-hydrogen) atoms. The standard InChI is InChI=1S/C24H21NO/c26-24-16-15-20-11-7-8-14-22(20)23(24)18-25(21-12-5-2-6-13-21)17-19-9-3-1-4-10-19/h1-16,26H,17-18H2. The van der Waals surface area contributed by atoms with Crippen molar-refractivity contribution in [2.45, 2.75) is 13.1 Å². The SMILES string of the molecule is Oc1ccc2ccccc2c1CN(Cc1ccccc1)c1ccccc1. The number of aromatic hydroxyl groups is 1. The molecule has 1 N–H and O–H groups in total. The summed E-state index contributed by atoms with van der Waals surface area (Å²) in [6.07, 6.45) is 0. The van der Waals surface area contributed by atoms with Crippen molar-refractivity contribution in [3.8, 4) is 5.75 Å². The molecular weight excluding hydrogens is 318 g/mol. The van der Waals surface area contributed by atoms with Crippen LogP contribution in [0.2, 0.25) is 0 Å². The number of phenolic OH excluding ortho intramolecular Hbond substituents is 1. The van der Waals surface area contributed by atoms with Crippen molar-refractivity contribution in [3.05, 3.63) is 108 Å². The van der Waals surface area contributed by atoms with Crippen LogP contribution in [0.15, 0.2) is 97.1 Å². The minimum absolute atomic E-state index is 0.345. The zero-order chi connectivity index (χ0) is 17.8. The van der Waals surface area contributed by atoms with Gasteiger partial charge in [0, 0.05) is 24.3 Å². The van der Waals surface area contributed by atoms with Crippen molar-refractivity contribution in [2.24, 2.45) is 0 Å². The van der Waals surface area contributed by atoms with E-state index in [9.17, 15) is 5.11 Å². The van der Waals surface area contributed by atoms with Crippen LogP contribution < -0.4 is 4.90 Å². The van der Waals surface area contributed by atoms with Crippen molar-refractivity contribution in [3.63, 3.8) is 0 Å². The molecule has 4 aromatic carbocycles. The van der Waals surface area contributed by atoms with Gasteiger partial charge in [-0.3, -0.25) is 0 Å². The van der Waals surface area contributed by atoms with Gasteiger partial charge in [-0.2, -0.15) is 0 Å². The maximum Gasteiger partial charge on any atom is 0.121 e. The first-order chi connectivity index (χ1) is 12.8. The van der Waals surface area contributed by atoms with Crippen molar-refractivity contribution in [1.29, 1.82) is 0 Å². The van der Waals surface area contributed by atoms with E-state index in [4.69, 9.17) is 0 Å². The molecular formula is C24H21NO. The molecule has 4 rings (SSSR count). The number of rotatable bonds is 5. The van der Waals surface area contributed by atoms with Crippen LogP contribution in [0.1, 0.15) is 11.1 Å². The molecule has 0 spiro atoms. The molecule has 2 heteroatoms. The lowest BCUT2D eigenvalue weighted by Gasteiger charge is -2.26. The summed E-state index contributed by atoms with van der Waals surface area (Å²) in [6.45, 7) is 1.43. The molecule has 0 bridgehead atoms. The van der Waals surface area contributed by atoms with Crippen LogP contribution in [0.4, 0.5) is 5.69 Å². The summed E-state index contributed by atoms with van der Waals surface area (Å²) in [5.74, 6) is 0.345. The Morgan fingerprint density at radius 1 is 0.615 bits per heavy atom. The Bertz CT molecular complexity index is 996. The number of hydrogen-bond acceptors (Lipinski definition) is 2. The molecule has 0 aliphatic rings. The second-order valence-corrected chi connectivity index (χ2v) is 6.46. The summed E-state index contributed by atoms with van der Waals surface area (Å²) in [6, 6.07) is 32.8. The maximum atomic E-state index is 10.5. The molecule has 0 heterocycles. The van der Waals surface area contributed by atoms with Gasteiger partial charge < -0.3 is 10.0 Å². The van der Waals surface area contributed by atoms with Gasteiger partial charge in [-0.15, -0.1) is 0 Å². The number of benzene rings is 4. The van der Waals surface area contributed by atoms with E-state index in [0.29, 0.717) is 12.3 Å². The molecule has 128 valence electrons. The minimum Gasteiger partial charge on any atom is -0.508 e. The first kappa shape index (κ1) is 16.2. The molecule has 0 fully saturated rings. The molecule has 0 atom stereocenters. The lowest BCUT2D eigenvalue weighted by molar-refractivity contribution is 0.468. The van der Waals surface area contributed by atoms with Gasteiger partial charge in [-0.1, -0.05) is 78.9 Å². The van der Waals surface area contributed by atoms with E-state index in [1.807, 2.05) is 30.3 Å². The Balaban J connectivity index is 1.75. The fraction of sp³-hybridized carbons (Fsp3) is 0.0833. The topological polar surface area (TPSA) is 23.5 Å². The van der Waals surface area contributed by atoms with Gasteiger partial charge in [0.25, 0.3) is 0 Å². The van der Waals surface area contributed by atoms with Gasteiger partial charge in [0.05, 0.1) is 0 Å². The van der Waals surface area contributed by atoms with E-state index in [-0.39, 0.29) is 0 Å². The van der Waals surface area contributed by atoms with E-state index in [1.54, 1.807) is 6.07 Å². The zero-order valence-corrected chi connectivity index (χ0v) is 14.5. The lowest BCUT2D eigenvalue weighted by Crippen LogP contribution is -2.22. The van der Waals surface area contributed by atoms with Crippen LogP contribution in [-0.4, -0.2) is 5.11 Å². The fourth-order valence-corrected chi connectivity index (χ4v) is 3.36. The highest BCUT2D eigenvalue weighted by Crippen LogP contribution is 2.30. The third-order valence-electron chi connectivity index (χ3n) is 4.70. The molecule has 0 aromatic heterocycles. The van der Waals surface area contributed by atoms with E-state index >= 15 is 0 Å². The van der Waals surface area contributed by atoms with E-state index in [1.165, 1.54) is 5.56 Å². The zero-order valence-electron chi connectivity index (χ0n) is 14.5. The van der Waals surface area contributed by atoms with Crippen LogP contribution in [-0.2, 0) is 13.1 Å². The average molecular weight is 339 g/mol. The predicted molar refractivity (Wildman–Crippen MR) is 108 cm³/mol. The lowest BCUT2D eigenvalue weighted by atomic mass is 10.0. The first-order valence-corrected chi connectivity index (χ1v) is 8.85. The summed E-state index contributed by atoms with van der Waals surface area (Å²) < 4.78 is 0. The first-order valence-electron chi connectivity index (χ1n) is 8.85. The number of anilines is 1. The van der Waals surface area contributed by atoms with Gasteiger partial charge in [0.15, 0.2) is 0 Å². The van der Waals surface area contributed by atoms with Crippen LogP contribution >= 0.6 is 0 Å². The summed E-state index contributed by atoms with van der Waals surface area (Å²) in [5, 5.41) is 12.8. The van der Waals surface area contributed by atoms with Crippen LogP contribution in [0.3, 0.4) is 0 Å². The molecule has 0 aliphatic carbocycles. The highest BCUT2D eigenvalue weighted by Gasteiger charge is 2.13. The average Bonchev–Trinajstić information content (AvgIpc) is 2.71. The largest absolute Gasteiger partial charge is 0.508 e. The van der Waals surface area contributed by atoms with Crippen molar-refractivity contribution >= 4 is 16.5 Å². The quantitative estimate of drug-likeness (QED) is 0.500. The summed E-state index contributed by atoms with van der Waals surface area (Å²) >= 11 is 0. The minimum atomic E-state index is 0.345. The Hall–Kier alpha value is -3.26. The summed E-state index contributed by atoms with van der Waals surface area (Å²) in [4.78, 5) is 2.30.